The molecule has 1 atom stereocenters. The van der Waals surface area contributed by atoms with Crippen LogP contribution >= 0.6 is 23.4 Å². The van der Waals surface area contributed by atoms with Crippen LogP contribution < -0.4 is 5.32 Å². The molecule has 6 nitrogen and oxygen atoms in total. The summed E-state index contributed by atoms with van der Waals surface area (Å²) in [6.45, 7) is 1.87. The van der Waals surface area contributed by atoms with Gasteiger partial charge < -0.3 is 5.32 Å². The lowest BCUT2D eigenvalue weighted by Gasteiger charge is -2.12. The summed E-state index contributed by atoms with van der Waals surface area (Å²) in [5.74, 6) is -0.0647. The van der Waals surface area contributed by atoms with Crippen LogP contribution in [0, 0.1) is 0 Å². The molecule has 0 saturated heterocycles. The first kappa shape index (κ1) is 16.5. The molecule has 24 heavy (non-hydrogen) atoms. The maximum absolute atomic E-state index is 12.3. The molecule has 0 radical (unpaired) electrons. The van der Waals surface area contributed by atoms with Crippen molar-refractivity contribution in [3.05, 3.63) is 59.9 Å². The second-order valence-corrected chi connectivity index (χ2v) is 6.86. The summed E-state index contributed by atoms with van der Waals surface area (Å²) in [5.41, 5.74) is 1.54. The van der Waals surface area contributed by atoms with E-state index in [0.717, 1.165) is 16.3 Å². The summed E-state index contributed by atoms with van der Waals surface area (Å²) < 4.78 is 1.55. The molecule has 3 aromatic rings. The highest BCUT2D eigenvalue weighted by Gasteiger charge is 2.14. The Morgan fingerprint density at radius 2 is 1.88 bits per heavy atom. The van der Waals surface area contributed by atoms with E-state index in [4.69, 9.17) is 11.6 Å². The number of carbonyl (C=O) groups excluding carboxylic acids is 1. The molecule has 0 unspecified atom stereocenters. The van der Waals surface area contributed by atoms with Gasteiger partial charge in [0.2, 0.25) is 5.91 Å². The first-order chi connectivity index (χ1) is 11.6. The van der Waals surface area contributed by atoms with Gasteiger partial charge in [-0.25, -0.2) is 4.68 Å². The number of amides is 1. The minimum atomic E-state index is -0.231. The number of tetrazole rings is 1. The number of thioether (sulfide) groups is 1. The van der Waals surface area contributed by atoms with E-state index in [1.54, 1.807) is 4.68 Å². The van der Waals surface area contributed by atoms with Crippen molar-refractivity contribution in [3.63, 3.8) is 0 Å². The van der Waals surface area contributed by atoms with Crippen molar-refractivity contribution in [3.8, 4) is 5.69 Å². The average Bonchev–Trinajstić information content (AvgIpc) is 3.12. The molecule has 8 heteroatoms. The molecule has 2 aromatic carbocycles. The number of benzene rings is 2. The molecule has 1 heterocycles. The number of hydrogen-bond acceptors (Lipinski definition) is 5. The van der Waals surface area contributed by atoms with Crippen LogP contribution in [0.5, 0.6) is 0 Å². The van der Waals surface area contributed by atoms with Crippen LogP contribution in [0.4, 0.5) is 5.69 Å². The van der Waals surface area contributed by atoms with Gasteiger partial charge in [0.15, 0.2) is 0 Å². The van der Waals surface area contributed by atoms with Crippen molar-refractivity contribution in [2.24, 2.45) is 0 Å². The number of nitrogens with zero attached hydrogens (tertiary/aromatic N) is 4. The summed E-state index contributed by atoms with van der Waals surface area (Å²) in [5, 5.41) is 14.3. The van der Waals surface area contributed by atoms with Gasteiger partial charge in [-0.15, -0.1) is 16.9 Å². The Morgan fingerprint density at radius 1 is 1.17 bits per heavy atom. The van der Waals surface area contributed by atoms with Crippen LogP contribution in [0.25, 0.3) is 5.69 Å². The molecular weight excluding hydrogens is 346 g/mol. The van der Waals surface area contributed by atoms with Crippen LogP contribution in [-0.4, -0.2) is 31.4 Å². The molecule has 0 aliphatic carbocycles. The molecule has 0 aliphatic heterocycles. The van der Waals surface area contributed by atoms with Gasteiger partial charge in [-0.05, 0) is 65.9 Å². The van der Waals surface area contributed by atoms with E-state index in [1.807, 2.05) is 55.5 Å². The van der Waals surface area contributed by atoms with Crippen LogP contribution in [-0.2, 0) is 4.79 Å². The summed E-state index contributed by atoms with van der Waals surface area (Å²) >= 11 is 7.34. The van der Waals surface area contributed by atoms with E-state index in [0.29, 0.717) is 5.02 Å². The van der Waals surface area contributed by atoms with Crippen molar-refractivity contribution in [2.75, 3.05) is 5.32 Å². The molecule has 0 spiro atoms. The molecule has 122 valence electrons. The number of anilines is 1. The number of carbonyl (C=O) groups is 1. The van der Waals surface area contributed by atoms with Crippen molar-refractivity contribution in [2.45, 2.75) is 17.1 Å². The second-order valence-electron chi connectivity index (χ2n) is 5.00. The Kier molecular flexibility index (Phi) is 5.12. The highest BCUT2D eigenvalue weighted by molar-refractivity contribution is 8.00. The Balaban J connectivity index is 1.60. The van der Waals surface area contributed by atoms with Crippen LogP contribution in [0.2, 0.25) is 5.02 Å². The predicted molar refractivity (Wildman–Crippen MR) is 94.6 cm³/mol. The Hall–Kier alpha value is -2.38. The van der Waals surface area contributed by atoms with Gasteiger partial charge in [-0.1, -0.05) is 11.6 Å². The summed E-state index contributed by atoms with van der Waals surface area (Å²) in [7, 11) is 0. The first-order valence-electron chi connectivity index (χ1n) is 7.18. The molecule has 1 aromatic heterocycles. The summed E-state index contributed by atoms with van der Waals surface area (Å²) in [6, 6.07) is 14.7. The summed E-state index contributed by atoms with van der Waals surface area (Å²) in [6.07, 6.45) is 1.51. The average molecular weight is 360 g/mol. The van der Waals surface area contributed by atoms with E-state index in [1.165, 1.54) is 18.1 Å². The van der Waals surface area contributed by atoms with Gasteiger partial charge in [0.25, 0.3) is 0 Å². The van der Waals surface area contributed by atoms with E-state index in [2.05, 4.69) is 20.8 Å². The Labute approximate surface area is 148 Å². The third kappa shape index (κ3) is 4.12. The van der Waals surface area contributed by atoms with E-state index in [-0.39, 0.29) is 11.2 Å². The monoisotopic (exact) mass is 359 g/mol. The van der Waals surface area contributed by atoms with Crippen LogP contribution in [0.1, 0.15) is 6.92 Å². The third-order valence-corrected chi connectivity index (χ3v) is 4.61. The second kappa shape index (κ2) is 7.46. The highest BCUT2D eigenvalue weighted by Crippen LogP contribution is 2.25. The minimum Gasteiger partial charge on any atom is -0.325 e. The molecule has 0 saturated carbocycles. The van der Waals surface area contributed by atoms with Crippen molar-refractivity contribution in [1.82, 2.24) is 20.2 Å². The molecule has 3 rings (SSSR count). The Morgan fingerprint density at radius 3 is 2.50 bits per heavy atom. The minimum absolute atomic E-state index is 0.0647. The lowest BCUT2D eigenvalue weighted by molar-refractivity contribution is -0.115. The molecule has 0 bridgehead atoms. The Bertz CT molecular complexity index is 805. The van der Waals surface area contributed by atoms with Crippen LogP contribution in [0.15, 0.2) is 59.8 Å². The van der Waals surface area contributed by atoms with Gasteiger partial charge in [0, 0.05) is 15.6 Å². The zero-order valence-corrected chi connectivity index (χ0v) is 14.3. The maximum Gasteiger partial charge on any atom is 0.237 e. The third-order valence-electron chi connectivity index (χ3n) is 3.24. The molecule has 0 aliphatic rings. The van der Waals surface area contributed by atoms with Gasteiger partial charge in [0.1, 0.15) is 6.33 Å². The zero-order chi connectivity index (χ0) is 16.9. The molecule has 0 fully saturated rings. The fourth-order valence-electron chi connectivity index (χ4n) is 1.99. The number of halogens is 1. The number of nitrogens with one attached hydrogen (secondary N) is 1. The van der Waals surface area contributed by atoms with Crippen molar-refractivity contribution in [1.29, 1.82) is 0 Å². The van der Waals surface area contributed by atoms with E-state index in [9.17, 15) is 4.79 Å². The lowest BCUT2D eigenvalue weighted by Crippen LogP contribution is -2.22. The van der Waals surface area contributed by atoms with Gasteiger partial charge in [-0.2, -0.15) is 0 Å². The quantitative estimate of drug-likeness (QED) is 0.706. The van der Waals surface area contributed by atoms with Crippen molar-refractivity contribution >= 4 is 35.0 Å². The van der Waals surface area contributed by atoms with Crippen molar-refractivity contribution < 1.29 is 4.79 Å². The normalized spacial score (nSPS) is 11.9. The molecular formula is C16H14ClN5OS. The SMILES string of the molecule is C[C@@H](Sc1ccc(Cl)cc1)C(=O)Nc1ccc(-n2cnnn2)cc1. The van der Waals surface area contributed by atoms with E-state index >= 15 is 0 Å². The van der Waals surface area contributed by atoms with Gasteiger partial charge in [-0.3, -0.25) is 4.79 Å². The largest absolute Gasteiger partial charge is 0.325 e. The van der Waals surface area contributed by atoms with Gasteiger partial charge in [0.05, 0.1) is 10.9 Å². The molecule has 1 amide bonds. The molecule has 1 N–H and O–H groups in total. The number of hydrogen-bond donors (Lipinski definition) is 1. The predicted octanol–water partition coefficient (Wildman–Crippen LogP) is 3.44. The fourth-order valence-corrected chi connectivity index (χ4v) is 2.99. The lowest BCUT2D eigenvalue weighted by atomic mass is 10.2. The maximum atomic E-state index is 12.3. The first-order valence-corrected chi connectivity index (χ1v) is 8.44. The zero-order valence-electron chi connectivity index (χ0n) is 12.8. The highest BCUT2D eigenvalue weighted by atomic mass is 35.5. The number of rotatable bonds is 5. The fraction of sp³-hybridized carbons (Fsp3) is 0.125. The summed E-state index contributed by atoms with van der Waals surface area (Å²) in [4.78, 5) is 13.3. The van der Waals surface area contributed by atoms with Gasteiger partial charge >= 0.3 is 0 Å². The topological polar surface area (TPSA) is 72.7 Å². The van der Waals surface area contributed by atoms with Crippen LogP contribution in [0.3, 0.4) is 0 Å². The standard InChI is InChI=1S/C16H14ClN5OS/c1-11(24-15-8-2-12(17)3-9-15)16(23)19-13-4-6-14(7-5-13)22-10-18-20-21-22/h2-11H,1H3,(H,19,23)/t11-/m1/s1. The number of aromatic nitrogens is 4. The van der Waals surface area contributed by atoms with E-state index < -0.39 is 0 Å². The smallest absolute Gasteiger partial charge is 0.237 e.